The topological polar surface area (TPSA) is 80.9 Å². The molecule has 0 aromatic rings. The quantitative estimate of drug-likeness (QED) is 0.372. The predicted octanol–water partition coefficient (Wildman–Crippen LogP) is -1.18. The highest BCUT2D eigenvalue weighted by Gasteiger charge is 2.05. The van der Waals surface area contributed by atoms with Gasteiger partial charge in [0.15, 0.2) is 6.29 Å². The van der Waals surface area contributed by atoms with E-state index in [1.807, 2.05) is 0 Å². The molecule has 0 rings (SSSR count). The summed E-state index contributed by atoms with van der Waals surface area (Å²) in [6.07, 6.45) is -1.20. The van der Waals surface area contributed by atoms with Crippen molar-refractivity contribution >= 4 is 0 Å². The third-order valence-electron chi connectivity index (χ3n) is 1.22. The summed E-state index contributed by atoms with van der Waals surface area (Å²) >= 11 is 0. The Morgan fingerprint density at radius 1 is 0.900 bits per heavy atom. The summed E-state index contributed by atoms with van der Waals surface area (Å²) in [5, 5.41) is 33.9. The van der Waals surface area contributed by atoms with E-state index in [2.05, 4.69) is 0 Å². The van der Waals surface area contributed by atoms with Crippen molar-refractivity contribution in [2.75, 3.05) is 6.61 Å². The second kappa shape index (κ2) is 5.61. The van der Waals surface area contributed by atoms with Crippen LogP contribution < -0.4 is 0 Å². The molecule has 0 amide bonds. The maximum atomic E-state index is 8.92. The lowest BCUT2D eigenvalue weighted by molar-refractivity contribution is -0.0539. The van der Waals surface area contributed by atoms with Gasteiger partial charge in [-0.1, -0.05) is 0 Å². The van der Waals surface area contributed by atoms with Gasteiger partial charge >= 0.3 is 0 Å². The molecule has 0 aliphatic heterocycles. The zero-order valence-electron chi connectivity index (χ0n) is 5.77. The summed E-state index contributed by atoms with van der Waals surface area (Å²) in [4.78, 5) is 0. The highest BCUT2D eigenvalue weighted by molar-refractivity contribution is 4.54. The van der Waals surface area contributed by atoms with E-state index in [1.54, 1.807) is 0 Å². The molecule has 0 aromatic heterocycles. The van der Waals surface area contributed by atoms with Gasteiger partial charge in [-0.15, -0.1) is 0 Å². The van der Waals surface area contributed by atoms with Crippen LogP contribution in [-0.4, -0.2) is 39.4 Å². The van der Waals surface area contributed by atoms with Gasteiger partial charge in [0.25, 0.3) is 0 Å². The molecule has 4 heteroatoms. The molecular weight excluding hydrogens is 136 g/mol. The molecule has 0 aliphatic rings. The maximum absolute atomic E-state index is 8.92. The highest BCUT2D eigenvalue weighted by atomic mass is 16.5. The first-order valence-electron chi connectivity index (χ1n) is 3.32. The van der Waals surface area contributed by atoms with Gasteiger partial charge in [0.05, 0.1) is 6.10 Å². The van der Waals surface area contributed by atoms with E-state index >= 15 is 0 Å². The highest BCUT2D eigenvalue weighted by Crippen LogP contribution is 2.02. The summed E-state index contributed by atoms with van der Waals surface area (Å²) < 4.78 is 0. The zero-order valence-corrected chi connectivity index (χ0v) is 5.77. The molecule has 0 fully saturated rings. The van der Waals surface area contributed by atoms with Crippen molar-refractivity contribution in [3.05, 3.63) is 0 Å². The van der Waals surface area contributed by atoms with Gasteiger partial charge in [0.2, 0.25) is 0 Å². The molecular formula is C6H14O4. The first-order chi connectivity index (χ1) is 4.66. The van der Waals surface area contributed by atoms with Gasteiger partial charge in [0, 0.05) is 13.0 Å². The molecule has 0 saturated carbocycles. The monoisotopic (exact) mass is 150 g/mol. The number of rotatable bonds is 5. The van der Waals surface area contributed by atoms with Gasteiger partial charge in [-0.05, 0) is 12.8 Å². The molecule has 0 heterocycles. The van der Waals surface area contributed by atoms with Gasteiger partial charge in [-0.3, -0.25) is 0 Å². The normalized spacial score (nSPS) is 14.1. The second-order valence-corrected chi connectivity index (χ2v) is 2.22. The van der Waals surface area contributed by atoms with Crippen LogP contribution >= 0.6 is 0 Å². The summed E-state index contributed by atoms with van der Waals surface area (Å²) in [7, 11) is 0. The smallest absolute Gasteiger partial charge is 0.151 e. The van der Waals surface area contributed by atoms with Crippen LogP contribution in [0.5, 0.6) is 0 Å². The third-order valence-corrected chi connectivity index (χ3v) is 1.22. The number of hydrogen-bond acceptors (Lipinski definition) is 4. The summed E-state index contributed by atoms with van der Waals surface area (Å²) in [5.74, 6) is 0. The van der Waals surface area contributed by atoms with Crippen LogP contribution in [-0.2, 0) is 0 Å². The van der Waals surface area contributed by atoms with E-state index in [4.69, 9.17) is 20.4 Å². The van der Waals surface area contributed by atoms with Gasteiger partial charge < -0.3 is 20.4 Å². The molecule has 1 unspecified atom stereocenters. The minimum absolute atomic E-state index is 0.0668. The minimum atomic E-state index is -1.35. The molecule has 4 N–H and O–H groups in total. The summed E-state index contributed by atoms with van der Waals surface area (Å²) in [5.41, 5.74) is 0. The van der Waals surface area contributed by atoms with Crippen molar-refractivity contribution in [1.29, 1.82) is 0 Å². The molecule has 0 saturated heterocycles. The van der Waals surface area contributed by atoms with Crippen LogP contribution in [0.25, 0.3) is 0 Å². The lowest BCUT2D eigenvalue weighted by Crippen LogP contribution is -2.13. The van der Waals surface area contributed by atoms with Gasteiger partial charge in [0.1, 0.15) is 0 Å². The average molecular weight is 150 g/mol. The molecule has 0 aliphatic carbocycles. The number of aliphatic hydroxyl groups is 4. The fourth-order valence-electron chi connectivity index (χ4n) is 0.635. The third kappa shape index (κ3) is 5.97. The van der Waals surface area contributed by atoms with Gasteiger partial charge in [-0.2, -0.15) is 0 Å². The lowest BCUT2D eigenvalue weighted by Gasteiger charge is -2.08. The first kappa shape index (κ1) is 9.84. The minimum Gasteiger partial charge on any atom is -0.396 e. The van der Waals surface area contributed by atoms with E-state index in [9.17, 15) is 0 Å². The van der Waals surface area contributed by atoms with E-state index in [0.29, 0.717) is 12.8 Å². The van der Waals surface area contributed by atoms with Crippen LogP contribution in [0.3, 0.4) is 0 Å². The Morgan fingerprint density at radius 3 is 1.90 bits per heavy atom. The standard InChI is InChI=1S/C6H14O4/c7-4-3-5(8)1-2-6(9)10/h5-10H,1-4H2. The zero-order chi connectivity index (χ0) is 7.98. The van der Waals surface area contributed by atoms with E-state index in [1.165, 1.54) is 0 Å². The van der Waals surface area contributed by atoms with Crippen LogP contribution in [0.1, 0.15) is 19.3 Å². The number of hydrogen-bond donors (Lipinski definition) is 4. The molecule has 0 radical (unpaired) electrons. The van der Waals surface area contributed by atoms with Crippen molar-refractivity contribution in [3.8, 4) is 0 Å². The molecule has 4 nitrogen and oxygen atoms in total. The fourth-order valence-corrected chi connectivity index (χ4v) is 0.635. The van der Waals surface area contributed by atoms with Crippen molar-refractivity contribution in [2.24, 2.45) is 0 Å². The Balaban J connectivity index is 3.12. The Bertz CT molecular complexity index is 74.1. The van der Waals surface area contributed by atoms with Crippen LogP contribution in [0.2, 0.25) is 0 Å². The molecule has 62 valence electrons. The number of aliphatic hydroxyl groups excluding tert-OH is 3. The Morgan fingerprint density at radius 2 is 1.50 bits per heavy atom. The Labute approximate surface area is 59.7 Å². The van der Waals surface area contributed by atoms with Crippen molar-refractivity contribution in [3.63, 3.8) is 0 Å². The largest absolute Gasteiger partial charge is 0.396 e. The SMILES string of the molecule is OCCC(O)CCC(O)O. The molecule has 0 spiro atoms. The summed E-state index contributed by atoms with van der Waals surface area (Å²) in [6.45, 7) is -0.0668. The van der Waals surface area contributed by atoms with Crippen LogP contribution in [0, 0.1) is 0 Å². The molecule has 10 heavy (non-hydrogen) atoms. The van der Waals surface area contributed by atoms with Crippen molar-refractivity contribution in [1.82, 2.24) is 0 Å². The Kier molecular flexibility index (Phi) is 5.52. The molecule has 1 atom stereocenters. The van der Waals surface area contributed by atoms with E-state index < -0.39 is 12.4 Å². The average Bonchev–Trinajstić information content (AvgIpc) is 1.85. The Hall–Kier alpha value is -0.160. The van der Waals surface area contributed by atoms with Crippen molar-refractivity contribution < 1.29 is 20.4 Å². The first-order valence-corrected chi connectivity index (χ1v) is 3.32. The summed E-state index contributed by atoms with van der Waals surface area (Å²) in [6, 6.07) is 0. The maximum Gasteiger partial charge on any atom is 0.151 e. The lowest BCUT2D eigenvalue weighted by atomic mass is 10.1. The molecule has 0 aromatic carbocycles. The van der Waals surface area contributed by atoms with Crippen LogP contribution in [0.4, 0.5) is 0 Å². The fraction of sp³-hybridized carbons (Fsp3) is 1.00. The van der Waals surface area contributed by atoms with E-state index in [-0.39, 0.29) is 13.0 Å². The van der Waals surface area contributed by atoms with Gasteiger partial charge in [-0.25, -0.2) is 0 Å². The second-order valence-electron chi connectivity index (χ2n) is 2.22. The molecule has 0 bridgehead atoms. The van der Waals surface area contributed by atoms with E-state index in [0.717, 1.165) is 0 Å². The predicted molar refractivity (Wildman–Crippen MR) is 35.2 cm³/mol. The van der Waals surface area contributed by atoms with Crippen LogP contribution in [0.15, 0.2) is 0 Å². The van der Waals surface area contributed by atoms with Crippen molar-refractivity contribution in [2.45, 2.75) is 31.7 Å².